The van der Waals surface area contributed by atoms with Crippen LogP contribution in [0.15, 0.2) is 53.1 Å². The quantitative estimate of drug-likeness (QED) is 0.710. The lowest BCUT2D eigenvalue weighted by Gasteiger charge is -2.20. The normalized spacial score (nSPS) is 14.5. The van der Waals surface area contributed by atoms with Crippen molar-refractivity contribution in [3.8, 4) is 11.1 Å². The number of benzene rings is 2. The highest BCUT2D eigenvalue weighted by molar-refractivity contribution is 5.94. The molecule has 0 saturated heterocycles. The molecule has 1 aliphatic heterocycles. The molecule has 3 aromatic rings. The molecular formula is C17H15NO. The van der Waals surface area contributed by atoms with Crippen LogP contribution in [0.5, 0.6) is 0 Å². The van der Waals surface area contributed by atoms with Crippen molar-refractivity contribution in [1.29, 1.82) is 0 Å². The van der Waals surface area contributed by atoms with E-state index in [1.807, 2.05) is 18.4 Å². The molecule has 0 radical (unpaired) electrons. The maximum absolute atomic E-state index is 5.67. The monoisotopic (exact) mass is 249 g/mol. The highest BCUT2D eigenvalue weighted by Gasteiger charge is 2.16. The van der Waals surface area contributed by atoms with Gasteiger partial charge in [0.25, 0.3) is 0 Å². The van der Waals surface area contributed by atoms with E-state index in [2.05, 4.69) is 35.6 Å². The number of hydrogen-bond acceptors (Lipinski definition) is 2. The van der Waals surface area contributed by atoms with Crippen LogP contribution in [0.25, 0.3) is 22.1 Å². The Morgan fingerprint density at radius 3 is 2.89 bits per heavy atom. The number of para-hydroxylation sites is 1. The van der Waals surface area contributed by atoms with E-state index >= 15 is 0 Å². The third-order valence-corrected chi connectivity index (χ3v) is 3.92. The summed E-state index contributed by atoms with van der Waals surface area (Å²) in [6.45, 7) is 2.02. The maximum Gasteiger partial charge on any atom is 0.134 e. The van der Waals surface area contributed by atoms with Gasteiger partial charge in [-0.15, -0.1) is 0 Å². The summed E-state index contributed by atoms with van der Waals surface area (Å²) in [4.78, 5) is 0. The van der Waals surface area contributed by atoms with Crippen molar-refractivity contribution in [2.24, 2.45) is 0 Å². The van der Waals surface area contributed by atoms with Crippen LogP contribution >= 0.6 is 0 Å². The molecule has 0 spiro atoms. The first-order valence-corrected chi connectivity index (χ1v) is 6.71. The first kappa shape index (κ1) is 10.8. The van der Waals surface area contributed by atoms with Gasteiger partial charge in [0, 0.05) is 17.5 Å². The van der Waals surface area contributed by atoms with E-state index in [-0.39, 0.29) is 0 Å². The molecule has 2 heteroatoms. The Morgan fingerprint density at radius 1 is 0.947 bits per heavy atom. The molecule has 94 valence electrons. The smallest absolute Gasteiger partial charge is 0.134 e. The molecule has 1 N–H and O–H groups in total. The van der Waals surface area contributed by atoms with Gasteiger partial charge in [0.2, 0.25) is 0 Å². The van der Waals surface area contributed by atoms with Crippen molar-refractivity contribution in [1.82, 2.24) is 5.32 Å². The van der Waals surface area contributed by atoms with Gasteiger partial charge in [0.15, 0.2) is 0 Å². The molecule has 1 aromatic heterocycles. The Kier molecular flexibility index (Phi) is 2.42. The van der Waals surface area contributed by atoms with Crippen molar-refractivity contribution < 1.29 is 4.42 Å². The van der Waals surface area contributed by atoms with Crippen molar-refractivity contribution in [2.75, 3.05) is 6.54 Å². The maximum atomic E-state index is 5.67. The lowest BCUT2D eigenvalue weighted by Crippen LogP contribution is -2.24. The Morgan fingerprint density at radius 2 is 1.89 bits per heavy atom. The van der Waals surface area contributed by atoms with Crippen LogP contribution in [0, 0.1) is 0 Å². The Hall–Kier alpha value is -2.06. The van der Waals surface area contributed by atoms with Crippen molar-refractivity contribution >= 4 is 11.0 Å². The average molecular weight is 249 g/mol. The molecule has 0 aliphatic carbocycles. The number of fused-ring (bicyclic) bond motifs is 2. The molecule has 19 heavy (non-hydrogen) atoms. The van der Waals surface area contributed by atoms with Gasteiger partial charge >= 0.3 is 0 Å². The van der Waals surface area contributed by atoms with Gasteiger partial charge in [0.05, 0.1) is 6.26 Å². The van der Waals surface area contributed by atoms with E-state index in [4.69, 9.17) is 4.42 Å². The Labute approximate surface area is 112 Å². The molecule has 4 rings (SSSR count). The fourth-order valence-electron chi connectivity index (χ4n) is 2.95. The summed E-state index contributed by atoms with van der Waals surface area (Å²) >= 11 is 0. The largest absolute Gasteiger partial charge is 0.464 e. The standard InChI is InChI=1S/C17H15NO/c1-2-7-17-14(5-1)16(11-19-17)13-6-3-4-12-8-9-18-10-15(12)13/h1-7,11,18H,8-10H2. The molecule has 0 atom stereocenters. The van der Waals surface area contributed by atoms with Crippen LogP contribution in [0.3, 0.4) is 0 Å². The molecule has 0 saturated carbocycles. The minimum atomic E-state index is 0.949. The first-order valence-electron chi connectivity index (χ1n) is 6.71. The number of nitrogens with one attached hydrogen (secondary N) is 1. The second kappa shape index (κ2) is 4.25. The number of hydrogen-bond donors (Lipinski definition) is 1. The van der Waals surface area contributed by atoms with Gasteiger partial charge in [-0.3, -0.25) is 0 Å². The van der Waals surface area contributed by atoms with Crippen molar-refractivity contribution in [3.63, 3.8) is 0 Å². The van der Waals surface area contributed by atoms with Gasteiger partial charge in [-0.25, -0.2) is 0 Å². The van der Waals surface area contributed by atoms with Crippen molar-refractivity contribution in [3.05, 3.63) is 59.9 Å². The van der Waals surface area contributed by atoms with Crippen LogP contribution in [0.2, 0.25) is 0 Å². The fourth-order valence-corrected chi connectivity index (χ4v) is 2.95. The average Bonchev–Trinajstić information content (AvgIpc) is 2.90. The second-order valence-corrected chi connectivity index (χ2v) is 5.02. The van der Waals surface area contributed by atoms with Gasteiger partial charge in [-0.2, -0.15) is 0 Å². The van der Waals surface area contributed by atoms with E-state index in [9.17, 15) is 0 Å². The molecule has 0 fully saturated rings. The molecule has 0 unspecified atom stereocenters. The summed E-state index contributed by atoms with van der Waals surface area (Å²) < 4.78 is 5.67. The summed E-state index contributed by atoms with van der Waals surface area (Å²) in [5, 5.41) is 4.66. The minimum absolute atomic E-state index is 0.949. The second-order valence-electron chi connectivity index (χ2n) is 5.02. The van der Waals surface area contributed by atoms with Gasteiger partial charge in [-0.05, 0) is 35.7 Å². The Balaban J connectivity index is 1.97. The van der Waals surface area contributed by atoms with Gasteiger partial charge < -0.3 is 9.73 Å². The summed E-state index contributed by atoms with van der Waals surface area (Å²) in [5.74, 6) is 0. The third kappa shape index (κ3) is 1.68. The predicted octanol–water partition coefficient (Wildman–Crippen LogP) is 3.75. The van der Waals surface area contributed by atoms with Crippen LogP contribution < -0.4 is 5.32 Å². The topological polar surface area (TPSA) is 25.2 Å². The predicted molar refractivity (Wildman–Crippen MR) is 77.1 cm³/mol. The van der Waals surface area contributed by atoms with E-state index in [0.717, 1.165) is 25.1 Å². The fraction of sp³-hybridized carbons (Fsp3) is 0.176. The summed E-state index contributed by atoms with van der Waals surface area (Å²) in [6.07, 6.45) is 2.99. The summed E-state index contributed by atoms with van der Waals surface area (Å²) in [6, 6.07) is 14.8. The van der Waals surface area contributed by atoms with Crippen molar-refractivity contribution in [2.45, 2.75) is 13.0 Å². The zero-order valence-corrected chi connectivity index (χ0v) is 10.6. The van der Waals surface area contributed by atoms with Crippen LogP contribution in [-0.2, 0) is 13.0 Å². The SMILES string of the molecule is c1cc2c(c(-c3coc4ccccc34)c1)CNCC2. The minimum Gasteiger partial charge on any atom is -0.464 e. The highest BCUT2D eigenvalue weighted by Crippen LogP contribution is 2.34. The summed E-state index contributed by atoms with van der Waals surface area (Å²) in [5.41, 5.74) is 6.34. The van der Waals surface area contributed by atoms with E-state index < -0.39 is 0 Å². The van der Waals surface area contributed by atoms with E-state index in [0.29, 0.717) is 0 Å². The Bertz CT molecular complexity index is 742. The van der Waals surface area contributed by atoms with Crippen LogP contribution in [0.4, 0.5) is 0 Å². The zero-order valence-electron chi connectivity index (χ0n) is 10.6. The van der Waals surface area contributed by atoms with E-state index in [1.165, 1.54) is 27.6 Å². The molecule has 0 amide bonds. The molecule has 2 heterocycles. The molecule has 2 aromatic carbocycles. The van der Waals surface area contributed by atoms with Gasteiger partial charge in [0.1, 0.15) is 5.58 Å². The van der Waals surface area contributed by atoms with E-state index in [1.54, 1.807) is 0 Å². The first-order chi connectivity index (χ1) is 9.43. The molecular weight excluding hydrogens is 234 g/mol. The molecule has 0 bridgehead atoms. The molecule has 2 nitrogen and oxygen atoms in total. The number of rotatable bonds is 1. The highest BCUT2D eigenvalue weighted by atomic mass is 16.3. The zero-order chi connectivity index (χ0) is 12.7. The lowest BCUT2D eigenvalue weighted by atomic mass is 9.92. The van der Waals surface area contributed by atoms with Gasteiger partial charge in [-0.1, -0.05) is 36.4 Å². The summed E-state index contributed by atoms with van der Waals surface area (Å²) in [7, 11) is 0. The number of furan rings is 1. The third-order valence-electron chi connectivity index (χ3n) is 3.92. The molecule has 1 aliphatic rings. The van der Waals surface area contributed by atoms with Crippen LogP contribution in [0.1, 0.15) is 11.1 Å². The lowest BCUT2D eigenvalue weighted by molar-refractivity contribution is 0.616. The van der Waals surface area contributed by atoms with Crippen LogP contribution in [-0.4, -0.2) is 6.54 Å².